The molecule has 1 aliphatic heterocycles. The predicted molar refractivity (Wildman–Crippen MR) is 76.9 cm³/mol. The van der Waals surface area contributed by atoms with Gasteiger partial charge in [-0.2, -0.15) is 0 Å². The summed E-state index contributed by atoms with van der Waals surface area (Å²) in [5.41, 5.74) is 2.39. The Balaban J connectivity index is 2.54. The van der Waals surface area contributed by atoms with Gasteiger partial charge in [0.1, 0.15) is 6.61 Å². The van der Waals surface area contributed by atoms with Crippen molar-refractivity contribution >= 4 is 11.7 Å². The van der Waals surface area contributed by atoms with E-state index in [-0.39, 0.29) is 17.2 Å². The molecule has 0 unspecified atom stereocenters. The van der Waals surface area contributed by atoms with E-state index in [4.69, 9.17) is 4.74 Å². The van der Waals surface area contributed by atoms with E-state index < -0.39 is 0 Å². The Labute approximate surface area is 114 Å². The van der Waals surface area contributed by atoms with Crippen LogP contribution in [0.25, 0.3) is 0 Å². The molecule has 0 aliphatic carbocycles. The molecular formula is C16H21NO2. The number of hydrogen-bond donors (Lipinski definition) is 0. The van der Waals surface area contributed by atoms with Gasteiger partial charge >= 0.3 is 0 Å². The van der Waals surface area contributed by atoms with Crippen molar-refractivity contribution in [1.29, 1.82) is 0 Å². The van der Waals surface area contributed by atoms with Gasteiger partial charge in [0.25, 0.3) is 0 Å². The van der Waals surface area contributed by atoms with Gasteiger partial charge in [0.15, 0.2) is 5.78 Å². The summed E-state index contributed by atoms with van der Waals surface area (Å²) in [6.45, 7) is 10.4. The first kappa shape index (κ1) is 13.8. The number of ketones is 1. The molecule has 0 bridgehead atoms. The summed E-state index contributed by atoms with van der Waals surface area (Å²) in [6.07, 6.45) is 0. The molecule has 3 heteroatoms. The van der Waals surface area contributed by atoms with E-state index in [1.54, 1.807) is 0 Å². The first-order chi connectivity index (χ1) is 8.82. The van der Waals surface area contributed by atoms with Gasteiger partial charge in [0, 0.05) is 11.5 Å². The second-order valence-corrected chi connectivity index (χ2v) is 6.03. The van der Waals surface area contributed by atoms with Crippen LogP contribution in [0.4, 0.5) is 0 Å². The molecule has 0 fully saturated rings. The Hall–Kier alpha value is -1.64. The van der Waals surface area contributed by atoms with Crippen LogP contribution in [0.1, 0.15) is 49.2 Å². The number of aliphatic imine (C=N–C) groups is 1. The average Bonchev–Trinajstić information content (AvgIpc) is 2.67. The number of benzene rings is 1. The Bertz CT molecular complexity index is 542. The zero-order valence-corrected chi connectivity index (χ0v) is 12.3. The van der Waals surface area contributed by atoms with Gasteiger partial charge in [-0.1, -0.05) is 32.0 Å². The monoisotopic (exact) mass is 259 g/mol. The predicted octanol–water partition coefficient (Wildman–Crippen LogP) is 3.39. The molecule has 2 rings (SSSR count). The van der Waals surface area contributed by atoms with Crippen molar-refractivity contribution in [2.75, 3.05) is 6.61 Å². The third-order valence-electron chi connectivity index (χ3n) is 3.24. The van der Waals surface area contributed by atoms with Crippen LogP contribution in [0.3, 0.4) is 0 Å². The zero-order valence-electron chi connectivity index (χ0n) is 12.3. The SMILES string of the molecule is Cc1cccc(C(=O)C(C)C)c1C1=NC(C)(C)CO1. The lowest BCUT2D eigenvalue weighted by atomic mass is 9.93. The molecule has 0 radical (unpaired) electrons. The van der Waals surface area contributed by atoms with Crippen LogP contribution < -0.4 is 0 Å². The highest BCUT2D eigenvalue weighted by Gasteiger charge is 2.30. The van der Waals surface area contributed by atoms with E-state index in [2.05, 4.69) is 4.99 Å². The molecule has 19 heavy (non-hydrogen) atoms. The molecule has 1 aliphatic rings. The quantitative estimate of drug-likeness (QED) is 0.780. The summed E-state index contributed by atoms with van der Waals surface area (Å²) in [5, 5.41) is 0. The second-order valence-electron chi connectivity index (χ2n) is 6.03. The van der Waals surface area contributed by atoms with Crippen molar-refractivity contribution < 1.29 is 9.53 Å². The minimum absolute atomic E-state index is 0.0319. The van der Waals surface area contributed by atoms with Gasteiger partial charge in [-0.15, -0.1) is 0 Å². The summed E-state index contributed by atoms with van der Waals surface area (Å²) in [4.78, 5) is 16.9. The molecule has 1 aromatic carbocycles. The third-order valence-corrected chi connectivity index (χ3v) is 3.24. The van der Waals surface area contributed by atoms with Crippen molar-refractivity contribution in [3.05, 3.63) is 34.9 Å². The largest absolute Gasteiger partial charge is 0.475 e. The summed E-state index contributed by atoms with van der Waals surface area (Å²) >= 11 is 0. The Morgan fingerprint density at radius 1 is 1.37 bits per heavy atom. The van der Waals surface area contributed by atoms with Crippen LogP contribution in [0.15, 0.2) is 23.2 Å². The van der Waals surface area contributed by atoms with Gasteiger partial charge in [-0.25, -0.2) is 4.99 Å². The maximum atomic E-state index is 12.3. The van der Waals surface area contributed by atoms with Gasteiger partial charge in [0.05, 0.1) is 11.1 Å². The fourth-order valence-corrected chi connectivity index (χ4v) is 2.18. The molecule has 0 saturated heterocycles. The fourth-order valence-electron chi connectivity index (χ4n) is 2.18. The molecule has 3 nitrogen and oxygen atoms in total. The van der Waals surface area contributed by atoms with Crippen molar-refractivity contribution in [2.45, 2.75) is 40.2 Å². The lowest BCUT2D eigenvalue weighted by Crippen LogP contribution is -2.17. The van der Waals surface area contributed by atoms with Crippen LogP contribution in [0, 0.1) is 12.8 Å². The number of rotatable bonds is 3. The van der Waals surface area contributed by atoms with Crippen molar-refractivity contribution in [1.82, 2.24) is 0 Å². The molecule has 0 N–H and O–H groups in total. The summed E-state index contributed by atoms with van der Waals surface area (Å²) in [5.74, 6) is 0.706. The maximum Gasteiger partial charge on any atom is 0.217 e. The number of carbonyl (C=O) groups excluding carboxylic acids is 1. The Morgan fingerprint density at radius 3 is 2.58 bits per heavy atom. The second kappa shape index (κ2) is 4.80. The number of Topliss-reactive ketones (excluding diaryl/α,β-unsaturated/α-hetero) is 1. The Morgan fingerprint density at radius 2 is 2.05 bits per heavy atom. The highest BCUT2D eigenvalue weighted by Crippen LogP contribution is 2.26. The van der Waals surface area contributed by atoms with E-state index >= 15 is 0 Å². The number of hydrogen-bond acceptors (Lipinski definition) is 3. The molecular weight excluding hydrogens is 238 g/mol. The lowest BCUT2D eigenvalue weighted by Gasteiger charge is -2.13. The molecule has 0 spiro atoms. The van der Waals surface area contributed by atoms with Crippen LogP contribution in [-0.4, -0.2) is 23.8 Å². The van der Waals surface area contributed by atoms with Crippen LogP contribution in [0.5, 0.6) is 0 Å². The molecule has 0 amide bonds. The molecule has 1 heterocycles. The van der Waals surface area contributed by atoms with Gasteiger partial charge in [-0.3, -0.25) is 4.79 Å². The summed E-state index contributed by atoms with van der Waals surface area (Å²) < 4.78 is 5.70. The van der Waals surface area contributed by atoms with Crippen molar-refractivity contribution in [2.24, 2.45) is 10.9 Å². The number of ether oxygens (including phenoxy) is 1. The van der Waals surface area contributed by atoms with E-state index in [1.165, 1.54) is 0 Å². The van der Waals surface area contributed by atoms with Crippen LogP contribution in [-0.2, 0) is 4.74 Å². The van der Waals surface area contributed by atoms with Crippen molar-refractivity contribution in [3.63, 3.8) is 0 Å². The minimum Gasteiger partial charge on any atom is -0.475 e. The molecule has 1 aromatic rings. The lowest BCUT2D eigenvalue weighted by molar-refractivity contribution is 0.0939. The number of nitrogens with zero attached hydrogens (tertiary/aromatic N) is 1. The first-order valence-corrected chi connectivity index (χ1v) is 6.69. The van der Waals surface area contributed by atoms with Crippen LogP contribution in [0.2, 0.25) is 0 Å². The van der Waals surface area contributed by atoms with E-state index in [9.17, 15) is 4.79 Å². The number of aryl methyl sites for hydroxylation is 1. The third kappa shape index (κ3) is 2.70. The Kier molecular flexibility index (Phi) is 3.48. The van der Waals surface area contributed by atoms with E-state index in [0.29, 0.717) is 18.1 Å². The zero-order chi connectivity index (χ0) is 14.2. The summed E-state index contributed by atoms with van der Waals surface area (Å²) in [7, 11) is 0. The average molecular weight is 259 g/mol. The van der Waals surface area contributed by atoms with Crippen LogP contribution >= 0.6 is 0 Å². The highest BCUT2D eigenvalue weighted by molar-refractivity contribution is 6.09. The highest BCUT2D eigenvalue weighted by atomic mass is 16.5. The summed E-state index contributed by atoms with van der Waals surface area (Å²) in [6, 6.07) is 5.76. The molecule has 102 valence electrons. The van der Waals surface area contributed by atoms with E-state index in [0.717, 1.165) is 11.1 Å². The van der Waals surface area contributed by atoms with Gasteiger partial charge < -0.3 is 4.74 Å². The fraction of sp³-hybridized carbons (Fsp3) is 0.500. The normalized spacial score (nSPS) is 17.3. The smallest absolute Gasteiger partial charge is 0.217 e. The molecule has 0 saturated carbocycles. The maximum absolute atomic E-state index is 12.3. The van der Waals surface area contributed by atoms with Crippen molar-refractivity contribution in [3.8, 4) is 0 Å². The topological polar surface area (TPSA) is 38.7 Å². The first-order valence-electron chi connectivity index (χ1n) is 6.69. The molecule has 0 atom stereocenters. The standard InChI is InChI=1S/C16H21NO2/c1-10(2)14(18)12-8-6-7-11(3)13(12)15-17-16(4,5)9-19-15/h6-8,10H,9H2,1-5H3. The number of carbonyl (C=O) groups is 1. The van der Waals surface area contributed by atoms with Gasteiger partial charge in [-0.05, 0) is 26.3 Å². The molecule has 0 aromatic heterocycles. The van der Waals surface area contributed by atoms with Gasteiger partial charge in [0.2, 0.25) is 5.90 Å². The minimum atomic E-state index is -0.213. The van der Waals surface area contributed by atoms with E-state index in [1.807, 2.05) is 52.8 Å².